The summed E-state index contributed by atoms with van der Waals surface area (Å²) in [5.41, 5.74) is 2.77. The van der Waals surface area contributed by atoms with E-state index < -0.39 is 0 Å². The summed E-state index contributed by atoms with van der Waals surface area (Å²) >= 11 is 0. The number of hydrogen-bond acceptors (Lipinski definition) is 3. The van der Waals surface area contributed by atoms with E-state index in [-0.39, 0.29) is 11.9 Å². The molecule has 0 aliphatic heterocycles. The van der Waals surface area contributed by atoms with Crippen LogP contribution in [0.15, 0.2) is 18.2 Å². The van der Waals surface area contributed by atoms with Crippen molar-refractivity contribution in [3.05, 3.63) is 29.3 Å². The third kappa shape index (κ3) is 4.85. The SMILES string of the molecule is CCCNc1ccc(C(=O)NC(CC)COC)c(C)c1. The number of carbonyl (C=O) groups excluding carboxylic acids is 1. The van der Waals surface area contributed by atoms with Gasteiger partial charge in [-0.2, -0.15) is 0 Å². The Morgan fingerprint density at radius 2 is 2.10 bits per heavy atom. The van der Waals surface area contributed by atoms with Gasteiger partial charge in [-0.05, 0) is 43.5 Å². The van der Waals surface area contributed by atoms with E-state index >= 15 is 0 Å². The number of amides is 1. The van der Waals surface area contributed by atoms with Crippen molar-refractivity contribution in [2.75, 3.05) is 25.6 Å². The highest BCUT2D eigenvalue weighted by molar-refractivity contribution is 5.96. The molecule has 4 nitrogen and oxygen atoms in total. The molecule has 20 heavy (non-hydrogen) atoms. The average molecular weight is 278 g/mol. The molecule has 0 radical (unpaired) electrons. The van der Waals surface area contributed by atoms with Gasteiger partial charge in [0.2, 0.25) is 0 Å². The Hall–Kier alpha value is -1.55. The minimum atomic E-state index is -0.0339. The van der Waals surface area contributed by atoms with Crippen LogP contribution in [0, 0.1) is 6.92 Å². The summed E-state index contributed by atoms with van der Waals surface area (Å²) < 4.78 is 5.10. The van der Waals surface area contributed by atoms with Gasteiger partial charge in [-0.1, -0.05) is 13.8 Å². The molecule has 0 heterocycles. The first-order chi connectivity index (χ1) is 9.62. The lowest BCUT2D eigenvalue weighted by Crippen LogP contribution is -2.37. The zero-order valence-corrected chi connectivity index (χ0v) is 13.0. The van der Waals surface area contributed by atoms with Crippen LogP contribution in [0.4, 0.5) is 5.69 Å². The van der Waals surface area contributed by atoms with Crippen LogP contribution in [-0.4, -0.2) is 32.2 Å². The van der Waals surface area contributed by atoms with Crippen molar-refractivity contribution in [3.63, 3.8) is 0 Å². The minimum Gasteiger partial charge on any atom is -0.385 e. The van der Waals surface area contributed by atoms with Gasteiger partial charge >= 0.3 is 0 Å². The van der Waals surface area contributed by atoms with E-state index in [9.17, 15) is 4.79 Å². The Morgan fingerprint density at radius 1 is 1.35 bits per heavy atom. The quantitative estimate of drug-likeness (QED) is 0.768. The lowest BCUT2D eigenvalue weighted by Gasteiger charge is -2.17. The van der Waals surface area contributed by atoms with Gasteiger partial charge in [0.15, 0.2) is 0 Å². The topological polar surface area (TPSA) is 50.4 Å². The molecule has 1 amide bonds. The van der Waals surface area contributed by atoms with Crippen molar-refractivity contribution < 1.29 is 9.53 Å². The predicted molar refractivity (Wildman–Crippen MR) is 83.4 cm³/mol. The van der Waals surface area contributed by atoms with Crippen LogP contribution in [0.3, 0.4) is 0 Å². The largest absolute Gasteiger partial charge is 0.385 e. The van der Waals surface area contributed by atoms with Crippen LogP contribution >= 0.6 is 0 Å². The smallest absolute Gasteiger partial charge is 0.251 e. The van der Waals surface area contributed by atoms with Gasteiger partial charge in [-0.3, -0.25) is 4.79 Å². The van der Waals surface area contributed by atoms with Crippen molar-refractivity contribution >= 4 is 11.6 Å². The average Bonchev–Trinajstić information content (AvgIpc) is 2.44. The third-order valence-corrected chi connectivity index (χ3v) is 3.25. The summed E-state index contributed by atoms with van der Waals surface area (Å²) in [6.07, 6.45) is 1.94. The Morgan fingerprint density at radius 3 is 2.65 bits per heavy atom. The molecular formula is C16H26N2O2. The van der Waals surface area contributed by atoms with E-state index in [4.69, 9.17) is 4.74 Å². The summed E-state index contributed by atoms with van der Waals surface area (Å²) in [6.45, 7) is 7.61. The van der Waals surface area contributed by atoms with Gasteiger partial charge in [-0.25, -0.2) is 0 Å². The van der Waals surface area contributed by atoms with Crippen molar-refractivity contribution in [1.29, 1.82) is 0 Å². The van der Waals surface area contributed by atoms with Crippen LogP contribution in [0.2, 0.25) is 0 Å². The number of methoxy groups -OCH3 is 1. The molecule has 112 valence electrons. The number of rotatable bonds is 8. The lowest BCUT2D eigenvalue weighted by atomic mass is 10.1. The van der Waals surface area contributed by atoms with Crippen molar-refractivity contribution in [2.45, 2.75) is 39.7 Å². The lowest BCUT2D eigenvalue weighted by molar-refractivity contribution is 0.0894. The van der Waals surface area contributed by atoms with Crippen LogP contribution < -0.4 is 10.6 Å². The zero-order chi connectivity index (χ0) is 15.0. The molecule has 1 aromatic rings. The van der Waals surface area contributed by atoms with Crippen molar-refractivity contribution in [1.82, 2.24) is 5.32 Å². The van der Waals surface area contributed by atoms with E-state index in [1.807, 2.05) is 32.0 Å². The normalized spacial score (nSPS) is 12.0. The monoisotopic (exact) mass is 278 g/mol. The van der Waals surface area contributed by atoms with Gasteiger partial charge in [-0.15, -0.1) is 0 Å². The maximum absolute atomic E-state index is 12.2. The van der Waals surface area contributed by atoms with Crippen LogP contribution in [-0.2, 0) is 4.74 Å². The highest BCUT2D eigenvalue weighted by Crippen LogP contribution is 2.15. The Bertz CT molecular complexity index is 432. The predicted octanol–water partition coefficient (Wildman–Crippen LogP) is 2.97. The molecule has 1 rings (SSSR count). The molecule has 0 saturated heterocycles. The fourth-order valence-corrected chi connectivity index (χ4v) is 2.02. The summed E-state index contributed by atoms with van der Waals surface area (Å²) in [4.78, 5) is 12.2. The van der Waals surface area contributed by atoms with E-state index in [0.29, 0.717) is 6.61 Å². The molecule has 0 bridgehead atoms. The van der Waals surface area contributed by atoms with E-state index in [1.54, 1.807) is 7.11 Å². The Kier molecular flexibility index (Phi) is 7.09. The fraction of sp³-hybridized carbons (Fsp3) is 0.562. The van der Waals surface area contributed by atoms with E-state index in [2.05, 4.69) is 17.6 Å². The molecule has 1 aromatic carbocycles. The standard InChI is InChI=1S/C16H26N2O2/c1-5-9-17-14-7-8-15(12(3)10-14)16(19)18-13(6-2)11-20-4/h7-8,10,13,17H,5-6,9,11H2,1-4H3,(H,18,19). The first-order valence-electron chi connectivity index (χ1n) is 7.26. The molecule has 1 atom stereocenters. The molecule has 0 aliphatic carbocycles. The maximum Gasteiger partial charge on any atom is 0.251 e. The van der Waals surface area contributed by atoms with E-state index in [0.717, 1.165) is 36.2 Å². The molecule has 0 aliphatic rings. The number of hydrogen-bond donors (Lipinski definition) is 2. The number of ether oxygens (including phenoxy) is 1. The summed E-state index contributed by atoms with van der Waals surface area (Å²) in [5.74, 6) is -0.0339. The Balaban J connectivity index is 2.73. The number of benzene rings is 1. The fourth-order valence-electron chi connectivity index (χ4n) is 2.02. The molecule has 1 unspecified atom stereocenters. The van der Waals surface area contributed by atoms with Gasteiger partial charge < -0.3 is 15.4 Å². The number of anilines is 1. The van der Waals surface area contributed by atoms with Gasteiger partial charge in [0.05, 0.1) is 12.6 Å². The maximum atomic E-state index is 12.2. The second-order valence-corrected chi connectivity index (χ2v) is 4.99. The number of carbonyl (C=O) groups is 1. The van der Waals surface area contributed by atoms with Crippen LogP contribution in [0.25, 0.3) is 0 Å². The highest BCUT2D eigenvalue weighted by Gasteiger charge is 2.14. The second-order valence-electron chi connectivity index (χ2n) is 4.99. The number of aryl methyl sites for hydroxylation is 1. The second kappa shape index (κ2) is 8.59. The summed E-state index contributed by atoms with van der Waals surface area (Å²) in [7, 11) is 1.65. The van der Waals surface area contributed by atoms with Crippen LogP contribution in [0.5, 0.6) is 0 Å². The van der Waals surface area contributed by atoms with Crippen LogP contribution in [0.1, 0.15) is 42.6 Å². The Labute approximate surface area is 121 Å². The molecule has 0 aromatic heterocycles. The molecule has 0 saturated carbocycles. The van der Waals surface area contributed by atoms with Gasteiger partial charge in [0.1, 0.15) is 0 Å². The summed E-state index contributed by atoms with van der Waals surface area (Å²) in [6, 6.07) is 5.91. The molecular weight excluding hydrogens is 252 g/mol. The first-order valence-corrected chi connectivity index (χ1v) is 7.26. The van der Waals surface area contributed by atoms with Crippen molar-refractivity contribution in [3.8, 4) is 0 Å². The number of nitrogens with one attached hydrogen (secondary N) is 2. The molecule has 4 heteroatoms. The highest BCUT2D eigenvalue weighted by atomic mass is 16.5. The molecule has 0 spiro atoms. The summed E-state index contributed by atoms with van der Waals surface area (Å²) in [5, 5.41) is 6.32. The molecule has 0 fully saturated rings. The van der Waals surface area contributed by atoms with Gasteiger partial charge in [0.25, 0.3) is 5.91 Å². The van der Waals surface area contributed by atoms with Crippen molar-refractivity contribution in [2.24, 2.45) is 0 Å². The molecule has 2 N–H and O–H groups in total. The third-order valence-electron chi connectivity index (χ3n) is 3.25. The van der Waals surface area contributed by atoms with Gasteiger partial charge in [0, 0.05) is 24.9 Å². The first kappa shape index (κ1) is 16.5. The van der Waals surface area contributed by atoms with E-state index in [1.165, 1.54) is 0 Å². The minimum absolute atomic E-state index is 0.0339. The zero-order valence-electron chi connectivity index (χ0n) is 13.0.